The van der Waals surface area contributed by atoms with E-state index in [9.17, 15) is 13.2 Å². The van der Waals surface area contributed by atoms with Crippen LogP contribution >= 0.6 is 0 Å². The molecule has 1 amide bonds. The fraction of sp³-hybridized carbons (Fsp3) is 0.409. The summed E-state index contributed by atoms with van der Waals surface area (Å²) >= 11 is 0. The summed E-state index contributed by atoms with van der Waals surface area (Å²) in [7, 11) is -3.68. The lowest BCUT2D eigenvalue weighted by Crippen LogP contribution is -2.47. The lowest BCUT2D eigenvalue weighted by molar-refractivity contribution is -0.131. The van der Waals surface area contributed by atoms with Crippen LogP contribution in [0.15, 0.2) is 65.6 Å². The summed E-state index contributed by atoms with van der Waals surface area (Å²) in [6.45, 7) is 5.43. The first kappa shape index (κ1) is 21.5. The van der Waals surface area contributed by atoms with Crippen molar-refractivity contribution in [1.29, 1.82) is 0 Å². The molecule has 7 heteroatoms. The summed E-state index contributed by atoms with van der Waals surface area (Å²) in [4.78, 5) is 14.7. The molecule has 1 fully saturated rings. The van der Waals surface area contributed by atoms with Gasteiger partial charge in [-0.2, -0.15) is 4.31 Å². The standard InChI is InChI=1S/C22H29N3O3S/c1-19(20-8-4-2-5-9-20)18-25(29(27,28)21-10-6-3-7-11-21)15-12-22(26)24-16-13-23-14-17-24/h2-11,19,23H,12-18H2,1H3/t19-/m1/s1. The van der Waals surface area contributed by atoms with Crippen LogP contribution in [0.3, 0.4) is 0 Å². The third-order valence-electron chi connectivity index (χ3n) is 5.27. The number of hydrogen-bond acceptors (Lipinski definition) is 4. The number of carbonyl (C=O) groups is 1. The summed E-state index contributed by atoms with van der Waals surface area (Å²) in [5.74, 6) is 0.0242. The number of nitrogens with zero attached hydrogens (tertiary/aromatic N) is 2. The SMILES string of the molecule is C[C@H](CN(CCC(=O)N1CCNCC1)S(=O)(=O)c1ccccc1)c1ccccc1. The van der Waals surface area contributed by atoms with E-state index in [1.165, 1.54) is 4.31 Å². The van der Waals surface area contributed by atoms with Gasteiger partial charge in [0.2, 0.25) is 15.9 Å². The molecule has 6 nitrogen and oxygen atoms in total. The molecule has 1 heterocycles. The molecule has 0 saturated carbocycles. The Morgan fingerprint density at radius 3 is 2.24 bits per heavy atom. The zero-order chi connectivity index (χ0) is 20.7. The van der Waals surface area contributed by atoms with Crippen LogP contribution < -0.4 is 5.32 Å². The Balaban J connectivity index is 1.76. The molecule has 0 spiro atoms. The number of rotatable bonds is 8. The predicted octanol–water partition coefficient (Wildman–Crippen LogP) is 2.30. The molecule has 1 aliphatic heterocycles. The lowest BCUT2D eigenvalue weighted by atomic mass is 10.0. The van der Waals surface area contributed by atoms with Crippen molar-refractivity contribution in [2.45, 2.75) is 24.2 Å². The van der Waals surface area contributed by atoms with Crippen LogP contribution in [0.2, 0.25) is 0 Å². The zero-order valence-electron chi connectivity index (χ0n) is 16.8. The molecule has 0 radical (unpaired) electrons. The van der Waals surface area contributed by atoms with Gasteiger partial charge >= 0.3 is 0 Å². The minimum Gasteiger partial charge on any atom is -0.340 e. The smallest absolute Gasteiger partial charge is 0.243 e. The third-order valence-corrected chi connectivity index (χ3v) is 7.15. The molecule has 1 N–H and O–H groups in total. The Bertz CT molecular complexity index is 882. The molecule has 29 heavy (non-hydrogen) atoms. The van der Waals surface area contributed by atoms with Crippen molar-refractivity contribution >= 4 is 15.9 Å². The summed E-state index contributed by atoms with van der Waals surface area (Å²) in [6.07, 6.45) is 0.188. The van der Waals surface area contributed by atoms with Crippen LogP contribution in [0, 0.1) is 0 Å². The summed E-state index contributed by atoms with van der Waals surface area (Å²) in [5.41, 5.74) is 1.08. The molecule has 1 aliphatic rings. The maximum Gasteiger partial charge on any atom is 0.243 e. The van der Waals surface area contributed by atoms with Gasteiger partial charge in [0.15, 0.2) is 0 Å². The van der Waals surface area contributed by atoms with Crippen molar-refractivity contribution in [1.82, 2.24) is 14.5 Å². The van der Waals surface area contributed by atoms with E-state index in [0.717, 1.165) is 18.7 Å². The number of amides is 1. The van der Waals surface area contributed by atoms with Gasteiger partial charge in [-0.1, -0.05) is 55.5 Å². The normalized spacial score (nSPS) is 16.0. The van der Waals surface area contributed by atoms with E-state index in [1.807, 2.05) is 42.2 Å². The molecule has 1 atom stereocenters. The number of piperazine rings is 1. The Morgan fingerprint density at radius 1 is 1.03 bits per heavy atom. The Kier molecular flexibility index (Phi) is 7.41. The van der Waals surface area contributed by atoms with Gasteiger partial charge in [-0.3, -0.25) is 4.79 Å². The van der Waals surface area contributed by atoms with Gasteiger partial charge in [0.1, 0.15) is 0 Å². The van der Waals surface area contributed by atoms with Crippen molar-refractivity contribution in [2.24, 2.45) is 0 Å². The average Bonchev–Trinajstić information content (AvgIpc) is 2.78. The van der Waals surface area contributed by atoms with Gasteiger partial charge in [-0.05, 0) is 23.6 Å². The van der Waals surface area contributed by atoms with Crippen LogP contribution in [-0.4, -0.2) is 62.8 Å². The monoisotopic (exact) mass is 415 g/mol. The van der Waals surface area contributed by atoms with Crippen LogP contribution in [0.1, 0.15) is 24.8 Å². The van der Waals surface area contributed by atoms with Gasteiger partial charge in [0, 0.05) is 45.7 Å². The third kappa shape index (κ3) is 5.65. The highest BCUT2D eigenvalue weighted by molar-refractivity contribution is 7.89. The highest BCUT2D eigenvalue weighted by Gasteiger charge is 2.27. The zero-order valence-corrected chi connectivity index (χ0v) is 17.6. The Morgan fingerprint density at radius 2 is 1.62 bits per heavy atom. The Hall–Kier alpha value is -2.22. The fourth-order valence-corrected chi connectivity index (χ4v) is 5.09. The van der Waals surface area contributed by atoms with E-state index in [-0.39, 0.29) is 29.7 Å². The van der Waals surface area contributed by atoms with E-state index < -0.39 is 10.0 Å². The van der Waals surface area contributed by atoms with Crippen LogP contribution in [0.4, 0.5) is 0 Å². The number of benzene rings is 2. The molecule has 2 aromatic carbocycles. The molecule has 0 bridgehead atoms. The van der Waals surface area contributed by atoms with E-state index in [1.54, 1.807) is 30.3 Å². The van der Waals surface area contributed by atoms with Gasteiger partial charge in [0.05, 0.1) is 4.90 Å². The first-order valence-corrected chi connectivity index (χ1v) is 11.5. The quantitative estimate of drug-likeness (QED) is 0.718. The van der Waals surface area contributed by atoms with Gasteiger partial charge in [-0.25, -0.2) is 8.42 Å². The van der Waals surface area contributed by atoms with Crippen molar-refractivity contribution in [2.75, 3.05) is 39.3 Å². The van der Waals surface area contributed by atoms with Gasteiger partial charge in [0.25, 0.3) is 0 Å². The van der Waals surface area contributed by atoms with Crippen molar-refractivity contribution < 1.29 is 13.2 Å². The number of nitrogens with one attached hydrogen (secondary N) is 1. The molecule has 2 aromatic rings. The van der Waals surface area contributed by atoms with E-state index >= 15 is 0 Å². The molecular formula is C22H29N3O3S. The molecular weight excluding hydrogens is 386 g/mol. The van der Waals surface area contributed by atoms with Crippen LogP contribution in [-0.2, 0) is 14.8 Å². The first-order chi connectivity index (χ1) is 14.0. The largest absolute Gasteiger partial charge is 0.340 e. The van der Waals surface area contributed by atoms with Crippen molar-refractivity contribution in [3.05, 3.63) is 66.2 Å². The maximum atomic E-state index is 13.3. The lowest BCUT2D eigenvalue weighted by Gasteiger charge is -2.29. The number of sulfonamides is 1. The van der Waals surface area contributed by atoms with Crippen molar-refractivity contribution in [3.63, 3.8) is 0 Å². The minimum absolute atomic E-state index is 0.00660. The first-order valence-electron chi connectivity index (χ1n) is 10.1. The fourth-order valence-electron chi connectivity index (χ4n) is 3.54. The summed E-state index contributed by atoms with van der Waals surface area (Å²) in [6, 6.07) is 18.3. The van der Waals surface area contributed by atoms with Gasteiger partial charge in [-0.15, -0.1) is 0 Å². The van der Waals surface area contributed by atoms with E-state index in [4.69, 9.17) is 0 Å². The highest BCUT2D eigenvalue weighted by atomic mass is 32.2. The second-order valence-corrected chi connectivity index (χ2v) is 9.31. The second-order valence-electron chi connectivity index (χ2n) is 7.37. The molecule has 3 rings (SSSR count). The van der Waals surface area contributed by atoms with E-state index in [2.05, 4.69) is 5.32 Å². The van der Waals surface area contributed by atoms with E-state index in [0.29, 0.717) is 19.6 Å². The van der Waals surface area contributed by atoms with Crippen molar-refractivity contribution in [3.8, 4) is 0 Å². The predicted molar refractivity (Wildman–Crippen MR) is 114 cm³/mol. The van der Waals surface area contributed by atoms with Gasteiger partial charge < -0.3 is 10.2 Å². The molecule has 0 aromatic heterocycles. The average molecular weight is 416 g/mol. The number of carbonyl (C=O) groups excluding carboxylic acids is 1. The minimum atomic E-state index is -3.68. The topological polar surface area (TPSA) is 69.7 Å². The molecule has 1 saturated heterocycles. The van der Waals surface area contributed by atoms with Crippen LogP contribution in [0.25, 0.3) is 0 Å². The number of hydrogen-bond donors (Lipinski definition) is 1. The maximum absolute atomic E-state index is 13.3. The molecule has 0 unspecified atom stereocenters. The highest BCUT2D eigenvalue weighted by Crippen LogP contribution is 2.22. The Labute approximate surface area is 173 Å². The van der Waals surface area contributed by atoms with Crippen LogP contribution in [0.5, 0.6) is 0 Å². The molecule has 0 aliphatic carbocycles. The summed E-state index contributed by atoms with van der Waals surface area (Å²) < 4.78 is 28.0. The molecule has 156 valence electrons. The second kappa shape index (κ2) is 10.0. The summed E-state index contributed by atoms with van der Waals surface area (Å²) in [5, 5.41) is 3.22.